The number of esters is 1. The quantitative estimate of drug-likeness (QED) is 0.581. The summed E-state index contributed by atoms with van der Waals surface area (Å²) < 4.78 is 12.5. The second-order valence-corrected chi connectivity index (χ2v) is 8.05. The van der Waals surface area contributed by atoms with Gasteiger partial charge in [-0.2, -0.15) is 0 Å². The Morgan fingerprint density at radius 2 is 2.12 bits per heavy atom. The number of hydrogen-bond acceptors (Lipinski definition) is 5. The van der Waals surface area contributed by atoms with Crippen LogP contribution in [-0.2, 0) is 14.3 Å². The first kappa shape index (κ1) is 19.2. The molecule has 2 rings (SSSR count). The summed E-state index contributed by atoms with van der Waals surface area (Å²) in [5.74, 6) is -1.01. The smallest absolute Gasteiger partial charge is 0.308 e. The summed E-state index contributed by atoms with van der Waals surface area (Å²) in [6.45, 7) is 7.93. The zero-order chi connectivity index (χ0) is 18.0. The van der Waals surface area contributed by atoms with Crippen molar-refractivity contribution in [2.75, 3.05) is 5.73 Å². The van der Waals surface area contributed by atoms with E-state index in [1.54, 1.807) is 0 Å². The minimum atomic E-state index is -0.938. The van der Waals surface area contributed by atoms with E-state index in [1.165, 1.54) is 0 Å². The number of rotatable bonds is 5. The molecule has 0 radical (unpaired) electrons. The van der Waals surface area contributed by atoms with Gasteiger partial charge in [-0.05, 0) is 54.8 Å². The van der Waals surface area contributed by atoms with Crippen molar-refractivity contribution in [3.05, 3.63) is 22.4 Å². The summed E-state index contributed by atoms with van der Waals surface area (Å²) in [7, 11) is 0. The third-order valence-electron chi connectivity index (χ3n) is 4.23. The fourth-order valence-electron chi connectivity index (χ4n) is 3.35. The first-order valence-corrected chi connectivity index (χ1v) is 9.27. The summed E-state index contributed by atoms with van der Waals surface area (Å²) in [5.41, 5.74) is 6.97. The van der Waals surface area contributed by atoms with Crippen LogP contribution in [0.5, 0.6) is 0 Å². The lowest BCUT2D eigenvalue weighted by atomic mass is 9.82. The highest BCUT2D eigenvalue weighted by atomic mass is 79.9. The number of ether oxygens (including phenoxy) is 2. The molecule has 2 heterocycles. The van der Waals surface area contributed by atoms with Crippen LogP contribution in [0.3, 0.4) is 0 Å². The maximum absolute atomic E-state index is 12.1. The molecule has 1 aliphatic rings. The Bertz CT molecular complexity index is 606. The zero-order valence-electron chi connectivity index (χ0n) is 14.9. The molecule has 1 aromatic heterocycles. The number of nitrogen functional groups attached to an aromatic ring is 1. The number of carbonyl (C=O) groups is 1. The zero-order valence-corrected chi connectivity index (χ0v) is 16.5. The van der Waals surface area contributed by atoms with Gasteiger partial charge in [-0.15, -0.1) is 0 Å². The first-order valence-electron chi connectivity index (χ1n) is 8.48. The summed E-state index contributed by atoms with van der Waals surface area (Å²) in [5, 5.41) is 0. The van der Waals surface area contributed by atoms with E-state index in [-0.39, 0.29) is 11.9 Å². The van der Waals surface area contributed by atoms with Gasteiger partial charge >= 0.3 is 5.97 Å². The van der Waals surface area contributed by atoms with Crippen molar-refractivity contribution in [2.24, 2.45) is 0 Å². The molecule has 0 saturated carbocycles. The molecule has 24 heavy (non-hydrogen) atoms. The standard InChI is InChI=1S/C18H27BrN2O3/c1-5-6-7-15(22)23-18(4)11-12(10-17(2,3)24-18)14-9-8-13(20)16(19)21-14/h8-9,12H,5-7,10-11,20H2,1-4H3. The molecule has 0 bridgehead atoms. The molecule has 2 N–H and O–H groups in total. The Morgan fingerprint density at radius 3 is 2.75 bits per heavy atom. The molecule has 1 aromatic rings. The third-order valence-corrected chi connectivity index (χ3v) is 4.86. The van der Waals surface area contributed by atoms with Crippen molar-refractivity contribution in [1.29, 1.82) is 0 Å². The first-order chi connectivity index (χ1) is 11.1. The molecule has 5 nitrogen and oxygen atoms in total. The summed E-state index contributed by atoms with van der Waals surface area (Å²) in [6, 6.07) is 3.78. The number of nitrogens with two attached hydrogens (primary N) is 1. The lowest BCUT2D eigenvalue weighted by Gasteiger charge is -2.45. The Hall–Kier alpha value is -1.14. The van der Waals surface area contributed by atoms with E-state index in [2.05, 4.69) is 27.8 Å². The van der Waals surface area contributed by atoms with Crippen molar-refractivity contribution in [3.8, 4) is 0 Å². The maximum atomic E-state index is 12.1. The van der Waals surface area contributed by atoms with Crippen molar-refractivity contribution in [2.45, 2.75) is 77.1 Å². The minimum absolute atomic E-state index is 0.134. The van der Waals surface area contributed by atoms with Gasteiger partial charge in [0.2, 0.25) is 5.79 Å². The van der Waals surface area contributed by atoms with E-state index >= 15 is 0 Å². The normalized spacial score (nSPS) is 26.1. The topological polar surface area (TPSA) is 74.4 Å². The molecule has 0 aromatic carbocycles. The Kier molecular flexibility index (Phi) is 5.91. The highest BCUT2D eigenvalue weighted by molar-refractivity contribution is 9.10. The highest BCUT2D eigenvalue weighted by Crippen LogP contribution is 2.44. The number of anilines is 1. The molecule has 1 saturated heterocycles. The number of pyridine rings is 1. The molecular weight excluding hydrogens is 372 g/mol. The molecule has 0 spiro atoms. The molecule has 1 fully saturated rings. The van der Waals surface area contributed by atoms with Gasteiger partial charge in [0.15, 0.2) is 0 Å². The van der Waals surface area contributed by atoms with E-state index in [4.69, 9.17) is 15.2 Å². The van der Waals surface area contributed by atoms with Crippen LogP contribution in [0.15, 0.2) is 16.7 Å². The molecule has 0 amide bonds. The number of aromatic nitrogens is 1. The number of hydrogen-bond donors (Lipinski definition) is 1. The van der Waals surface area contributed by atoms with E-state index in [0.717, 1.165) is 25.0 Å². The lowest BCUT2D eigenvalue weighted by Crippen LogP contribution is -2.49. The Labute approximate surface area is 152 Å². The number of carbonyl (C=O) groups excluding carboxylic acids is 1. The van der Waals surface area contributed by atoms with E-state index in [0.29, 0.717) is 23.1 Å². The summed E-state index contributed by atoms with van der Waals surface area (Å²) >= 11 is 3.39. The van der Waals surface area contributed by atoms with Gasteiger partial charge in [-0.25, -0.2) is 4.98 Å². The monoisotopic (exact) mass is 398 g/mol. The van der Waals surface area contributed by atoms with Gasteiger partial charge in [-0.3, -0.25) is 4.79 Å². The molecule has 1 aliphatic heterocycles. The van der Waals surface area contributed by atoms with E-state index in [1.807, 2.05) is 32.9 Å². The molecular formula is C18H27BrN2O3. The van der Waals surface area contributed by atoms with Crippen molar-refractivity contribution >= 4 is 27.6 Å². The predicted molar refractivity (Wildman–Crippen MR) is 97.5 cm³/mol. The van der Waals surface area contributed by atoms with Gasteiger partial charge in [0.1, 0.15) is 4.60 Å². The van der Waals surface area contributed by atoms with Gasteiger partial charge in [0, 0.05) is 31.4 Å². The Morgan fingerprint density at radius 1 is 1.42 bits per heavy atom. The summed E-state index contributed by atoms with van der Waals surface area (Å²) in [6.07, 6.45) is 3.60. The number of nitrogens with zero attached hydrogens (tertiary/aromatic N) is 1. The second-order valence-electron chi connectivity index (χ2n) is 7.29. The average Bonchev–Trinajstić information content (AvgIpc) is 2.45. The van der Waals surface area contributed by atoms with Crippen LogP contribution >= 0.6 is 15.9 Å². The largest absolute Gasteiger partial charge is 0.433 e. The van der Waals surface area contributed by atoms with Crippen LogP contribution in [-0.4, -0.2) is 22.3 Å². The maximum Gasteiger partial charge on any atom is 0.308 e. The third kappa shape index (κ3) is 4.93. The number of halogens is 1. The van der Waals surface area contributed by atoms with Crippen molar-refractivity contribution in [3.63, 3.8) is 0 Å². The van der Waals surface area contributed by atoms with Gasteiger partial charge in [-0.1, -0.05) is 13.3 Å². The second kappa shape index (κ2) is 7.40. The van der Waals surface area contributed by atoms with E-state index in [9.17, 15) is 4.79 Å². The molecule has 6 heteroatoms. The molecule has 2 atom stereocenters. The number of unbranched alkanes of at least 4 members (excludes halogenated alkanes) is 1. The predicted octanol–water partition coefficient (Wildman–Crippen LogP) is 4.55. The highest BCUT2D eigenvalue weighted by Gasteiger charge is 2.45. The fraction of sp³-hybridized carbons (Fsp3) is 0.667. The SMILES string of the molecule is CCCCC(=O)OC1(C)CC(c2ccc(N)c(Br)n2)CC(C)(C)O1. The van der Waals surface area contributed by atoms with Crippen molar-refractivity contribution < 1.29 is 14.3 Å². The molecule has 2 unspecified atom stereocenters. The summed E-state index contributed by atoms with van der Waals surface area (Å²) in [4.78, 5) is 16.6. The average molecular weight is 399 g/mol. The molecule has 0 aliphatic carbocycles. The van der Waals surface area contributed by atoms with Crippen LogP contribution < -0.4 is 5.73 Å². The van der Waals surface area contributed by atoms with Gasteiger partial charge in [0.05, 0.1) is 11.3 Å². The van der Waals surface area contributed by atoms with Crippen LogP contribution in [0, 0.1) is 0 Å². The van der Waals surface area contributed by atoms with Gasteiger partial charge in [0.25, 0.3) is 0 Å². The fourth-order valence-corrected chi connectivity index (χ4v) is 3.69. The molecule has 134 valence electrons. The van der Waals surface area contributed by atoms with Crippen molar-refractivity contribution in [1.82, 2.24) is 4.98 Å². The van der Waals surface area contributed by atoms with Crippen LogP contribution in [0.2, 0.25) is 0 Å². The van der Waals surface area contributed by atoms with Gasteiger partial charge < -0.3 is 15.2 Å². The van der Waals surface area contributed by atoms with Crippen LogP contribution in [0.25, 0.3) is 0 Å². The van der Waals surface area contributed by atoms with Crippen LogP contribution in [0.4, 0.5) is 5.69 Å². The Balaban J connectivity index is 2.19. The lowest BCUT2D eigenvalue weighted by molar-refractivity contribution is -0.286. The van der Waals surface area contributed by atoms with Crippen LogP contribution in [0.1, 0.15) is 71.4 Å². The van der Waals surface area contributed by atoms with E-state index < -0.39 is 11.4 Å². The minimum Gasteiger partial charge on any atom is -0.433 e.